The molecule has 0 saturated carbocycles. The highest BCUT2D eigenvalue weighted by Gasteiger charge is 2.24. The van der Waals surface area contributed by atoms with Crippen molar-refractivity contribution in [3.63, 3.8) is 0 Å². The first kappa shape index (κ1) is 17.5. The van der Waals surface area contributed by atoms with Crippen LogP contribution >= 0.6 is 0 Å². The fourth-order valence-corrected chi connectivity index (χ4v) is 3.35. The number of pyridine rings is 1. The summed E-state index contributed by atoms with van der Waals surface area (Å²) < 4.78 is 2.28. The third-order valence-electron chi connectivity index (χ3n) is 4.79. The molecule has 0 aliphatic rings. The molecule has 25 heavy (non-hydrogen) atoms. The van der Waals surface area contributed by atoms with Crippen LogP contribution in [0, 0.1) is 6.92 Å². The fraction of sp³-hybridized carbons (Fsp3) is 0.381. The Kier molecular flexibility index (Phi) is 4.56. The van der Waals surface area contributed by atoms with E-state index in [1.807, 2.05) is 12.1 Å². The predicted octanol–water partition coefficient (Wildman–Crippen LogP) is 4.51. The minimum Gasteiger partial charge on any atom is -0.399 e. The van der Waals surface area contributed by atoms with Gasteiger partial charge in [-0.05, 0) is 58.5 Å². The van der Waals surface area contributed by atoms with Crippen LogP contribution in [0.4, 0.5) is 5.69 Å². The summed E-state index contributed by atoms with van der Waals surface area (Å²) in [4.78, 5) is 7.41. The number of rotatable bonds is 4. The third kappa shape index (κ3) is 3.40. The van der Waals surface area contributed by atoms with E-state index in [4.69, 9.17) is 10.7 Å². The van der Waals surface area contributed by atoms with E-state index < -0.39 is 0 Å². The van der Waals surface area contributed by atoms with Gasteiger partial charge in [-0.25, -0.2) is 4.98 Å². The van der Waals surface area contributed by atoms with Crippen LogP contribution in [0.3, 0.4) is 0 Å². The topological polar surface area (TPSA) is 46.6 Å². The van der Waals surface area contributed by atoms with Crippen LogP contribution in [0.15, 0.2) is 42.5 Å². The Labute approximate surface area is 150 Å². The van der Waals surface area contributed by atoms with Crippen LogP contribution in [-0.2, 0) is 6.54 Å². The number of anilines is 1. The molecule has 2 N–H and O–H groups in total. The van der Waals surface area contributed by atoms with Crippen molar-refractivity contribution in [1.29, 1.82) is 0 Å². The lowest BCUT2D eigenvalue weighted by Crippen LogP contribution is -2.41. The van der Waals surface area contributed by atoms with Crippen LogP contribution < -0.4 is 5.73 Å². The van der Waals surface area contributed by atoms with E-state index in [-0.39, 0.29) is 5.54 Å². The van der Waals surface area contributed by atoms with E-state index in [1.165, 1.54) is 11.4 Å². The molecule has 0 saturated heterocycles. The first-order valence-electron chi connectivity index (χ1n) is 8.89. The Hall–Kier alpha value is -2.33. The van der Waals surface area contributed by atoms with Crippen LogP contribution in [0.5, 0.6) is 0 Å². The summed E-state index contributed by atoms with van der Waals surface area (Å²) in [5.41, 5.74) is 12.3. The first-order valence-corrected chi connectivity index (χ1v) is 8.89. The average molecular weight is 336 g/mol. The van der Waals surface area contributed by atoms with Gasteiger partial charge in [-0.3, -0.25) is 9.30 Å². The highest BCUT2D eigenvalue weighted by atomic mass is 15.2. The highest BCUT2D eigenvalue weighted by molar-refractivity contribution is 5.68. The maximum atomic E-state index is 5.87. The van der Waals surface area contributed by atoms with E-state index in [1.54, 1.807) is 0 Å². The lowest BCUT2D eigenvalue weighted by atomic mass is 10.0. The zero-order chi connectivity index (χ0) is 18.2. The monoisotopic (exact) mass is 336 g/mol. The molecule has 132 valence electrons. The SMILES string of the molecule is CCN(Cc1c(-c2ccc(N)cc2)nc2cccc(C)n12)C(C)(C)C. The number of imidazole rings is 1. The van der Waals surface area contributed by atoms with Crippen molar-refractivity contribution >= 4 is 11.3 Å². The molecular formula is C21H28N4. The zero-order valence-corrected chi connectivity index (χ0v) is 15.9. The summed E-state index contributed by atoms with van der Waals surface area (Å²) in [7, 11) is 0. The van der Waals surface area contributed by atoms with Gasteiger partial charge in [0, 0.05) is 29.0 Å². The lowest BCUT2D eigenvalue weighted by molar-refractivity contribution is 0.134. The smallest absolute Gasteiger partial charge is 0.137 e. The van der Waals surface area contributed by atoms with E-state index in [0.717, 1.165) is 35.7 Å². The standard InChI is InChI=1S/C21H28N4/c1-6-24(21(3,4)5)14-18-20(16-10-12-17(22)13-11-16)23-19-9-7-8-15(2)25(18)19/h7-13H,6,14,22H2,1-5H3. The summed E-state index contributed by atoms with van der Waals surface area (Å²) in [6, 6.07) is 14.3. The molecule has 0 spiro atoms. The minimum absolute atomic E-state index is 0.0972. The number of fused-ring (bicyclic) bond motifs is 1. The molecule has 0 atom stereocenters. The minimum atomic E-state index is 0.0972. The molecule has 0 fully saturated rings. The molecular weight excluding hydrogens is 308 g/mol. The number of benzene rings is 1. The number of aromatic nitrogens is 2. The van der Waals surface area contributed by atoms with Crippen molar-refractivity contribution in [2.45, 2.75) is 46.7 Å². The normalized spacial score (nSPS) is 12.2. The van der Waals surface area contributed by atoms with Crippen molar-refractivity contribution in [2.75, 3.05) is 12.3 Å². The van der Waals surface area contributed by atoms with E-state index in [9.17, 15) is 0 Å². The maximum Gasteiger partial charge on any atom is 0.137 e. The van der Waals surface area contributed by atoms with Crippen LogP contribution in [-0.4, -0.2) is 26.4 Å². The second kappa shape index (κ2) is 6.52. The largest absolute Gasteiger partial charge is 0.399 e. The van der Waals surface area contributed by atoms with Gasteiger partial charge in [0.15, 0.2) is 0 Å². The summed E-state index contributed by atoms with van der Waals surface area (Å²) in [5.74, 6) is 0. The Balaban J connectivity index is 2.19. The van der Waals surface area contributed by atoms with Crippen molar-refractivity contribution in [1.82, 2.24) is 14.3 Å². The quantitative estimate of drug-likeness (QED) is 0.713. The van der Waals surface area contributed by atoms with Gasteiger partial charge in [0.25, 0.3) is 0 Å². The van der Waals surface area contributed by atoms with Gasteiger partial charge in [0.2, 0.25) is 0 Å². The Morgan fingerprint density at radius 3 is 2.36 bits per heavy atom. The first-order chi connectivity index (χ1) is 11.8. The Morgan fingerprint density at radius 1 is 1.08 bits per heavy atom. The number of aryl methyl sites for hydroxylation is 1. The Morgan fingerprint density at radius 2 is 1.76 bits per heavy atom. The summed E-state index contributed by atoms with van der Waals surface area (Å²) in [6.45, 7) is 13.0. The molecule has 0 bridgehead atoms. The maximum absolute atomic E-state index is 5.87. The van der Waals surface area contributed by atoms with E-state index in [0.29, 0.717) is 0 Å². The summed E-state index contributed by atoms with van der Waals surface area (Å²) in [5, 5.41) is 0. The molecule has 0 aliphatic heterocycles. The van der Waals surface area contributed by atoms with Crippen molar-refractivity contribution in [3.8, 4) is 11.3 Å². The molecule has 3 aromatic rings. The van der Waals surface area contributed by atoms with Gasteiger partial charge in [0.1, 0.15) is 5.65 Å². The highest BCUT2D eigenvalue weighted by Crippen LogP contribution is 2.29. The predicted molar refractivity (Wildman–Crippen MR) is 106 cm³/mol. The number of nitrogen functional groups attached to an aromatic ring is 1. The molecule has 0 aliphatic carbocycles. The molecule has 4 heteroatoms. The van der Waals surface area contributed by atoms with Gasteiger partial charge in [-0.15, -0.1) is 0 Å². The van der Waals surface area contributed by atoms with Gasteiger partial charge in [-0.2, -0.15) is 0 Å². The number of nitrogens with two attached hydrogens (primary N) is 1. The molecule has 2 aromatic heterocycles. The number of hydrogen-bond acceptors (Lipinski definition) is 3. The van der Waals surface area contributed by atoms with Gasteiger partial charge >= 0.3 is 0 Å². The fourth-order valence-electron chi connectivity index (χ4n) is 3.35. The van der Waals surface area contributed by atoms with Crippen LogP contribution in [0.1, 0.15) is 39.1 Å². The molecule has 2 heterocycles. The molecule has 1 aromatic carbocycles. The molecule has 0 radical (unpaired) electrons. The average Bonchev–Trinajstić information content (AvgIpc) is 2.92. The van der Waals surface area contributed by atoms with Gasteiger partial charge in [-0.1, -0.05) is 25.1 Å². The molecule has 4 nitrogen and oxygen atoms in total. The van der Waals surface area contributed by atoms with Crippen LogP contribution in [0.2, 0.25) is 0 Å². The van der Waals surface area contributed by atoms with E-state index >= 15 is 0 Å². The lowest BCUT2D eigenvalue weighted by Gasteiger charge is -2.34. The second-order valence-corrected chi connectivity index (χ2v) is 7.57. The van der Waals surface area contributed by atoms with Crippen molar-refractivity contribution < 1.29 is 0 Å². The van der Waals surface area contributed by atoms with Gasteiger partial charge in [0.05, 0.1) is 11.4 Å². The zero-order valence-electron chi connectivity index (χ0n) is 15.9. The number of nitrogens with zero attached hydrogens (tertiary/aromatic N) is 3. The van der Waals surface area contributed by atoms with E-state index in [2.05, 4.69) is 74.3 Å². The summed E-state index contributed by atoms with van der Waals surface area (Å²) in [6.07, 6.45) is 0. The molecule has 3 rings (SSSR count). The molecule has 0 unspecified atom stereocenters. The summed E-state index contributed by atoms with van der Waals surface area (Å²) >= 11 is 0. The Bertz CT molecular complexity index is 869. The second-order valence-electron chi connectivity index (χ2n) is 7.57. The van der Waals surface area contributed by atoms with Crippen molar-refractivity contribution in [2.24, 2.45) is 0 Å². The van der Waals surface area contributed by atoms with Crippen molar-refractivity contribution in [3.05, 3.63) is 53.9 Å². The van der Waals surface area contributed by atoms with Crippen LogP contribution in [0.25, 0.3) is 16.9 Å². The third-order valence-corrected chi connectivity index (χ3v) is 4.79. The van der Waals surface area contributed by atoms with Gasteiger partial charge < -0.3 is 5.73 Å². The molecule has 0 amide bonds. The number of hydrogen-bond donors (Lipinski definition) is 1.